The number of hydrogen-bond donors (Lipinski definition) is 3. The highest BCUT2D eigenvalue weighted by Gasteiger charge is 2.22. The molecule has 0 saturated carbocycles. The fraction of sp³-hybridized carbons (Fsp3) is 0.727. The molecule has 3 N–H and O–H groups in total. The molecular weight excluding hydrogens is 703 g/mol. The highest BCUT2D eigenvalue weighted by atomic mass is 31.2. The third-order valence-electron chi connectivity index (χ3n) is 8.88. The average Bonchev–Trinajstić information content (AvgIpc) is 3.14. The molecule has 0 rings (SSSR count). The zero-order chi connectivity index (χ0) is 39.8. The molecule has 0 radical (unpaired) electrons. The second-order valence-corrected chi connectivity index (χ2v) is 15.4. The van der Waals surface area contributed by atoms with Gasteiger partial charge in [0.05, 0.1) is 12.7 Å². The minimum Gasteiger partial charge on any atom is -0.462 e. The number of phosphoric acid groups is 1. The molecule has 2 atom stereocenters. The normalized spacial score (nSPS) is 13.6. The van der Waals surface area contributed by atoms with Gasteiger partial charge >= 0.3 is 19.8 Å². The van der Waals surface area contributed by atoms with Crippen LogP contribution in [-0.4, -0.2) is 52.3 Å². The first kappa shape index (κ1) is 51.7. The van der Waals surface area contributed by atoms with Crippen LogP contribution in [-0.2, 0) is 28.2 Å². The molecule has 0 aromatic heterocycles. The van der Waals surface area contributed by atoms with Crippen LogP contribution in [0.3, 0.4) is 0 Å². The summed E-state index contributed by atoms with van der Waals surface area (Å²) in [5.74, 6) is -0.975. The second kappa shape index (κ2) is 39.0. The number of phosphoric ester groups is 1. The summed E-state index contributed by atoms with van der Waals surface area (Å²) in [6, 6.07) is 0. The van der Waals surface area contributed by atoms with E-state index in [4.69, 9.17) is 19.3 Å². The molecule has 0 aromatic carbocycles. The second-order valence-electron chi connectivity index (χ2n) is 14.1. The Morgan fingerprint density at radius 3 is 1.65 bits per heavy atom. The zero-order valence-electron chi connectivity index (χ0n) is 34.0. The summed E-state index contributed by atoms with van der Waals surface area (Å²) in [6.07, 6.45) is 45.8. The van der Waals surface area contributed by atoms with Gasteiger partial charge in [0.15, 0.2) is 6.10 Å². The fourth-order valence-corrected chi connectivity index (χ4v) is 6.08. The molecule has 312 valence electrons. The van der Waals surface area contributed by atoms with Crippen LogP contribution in [0.4, 0.5) is 0 Å². The number of carbonyl (C=O) groups excluding carboxylic acids is 2. The maximum atomic E-state index is 12.4. The molecule has 0 aromatic rings. The Hall–Kier alpha value is -2.29. The van der Waals surface area contributed by atoms with Gasteiger partial charge in [-0.25, -0.2) is 4.57 Å². The number of allylic oxidation sites excluding steroid dienone is 8. The number of aliphatic hydroxyl groups excluding tert-OH is 1. The Balaban J connectivity index is 4.02. The quantitative estimate of drug-likeness (QED) is 0.0184. The highest BCUT2D eigenvalue weighted by molar-refractivity contribution is 7.46. The molecule has 0 saturated heterocycles. The van der Waals surface area contributed by atoms with Gasteiger partial charge in [0.1, 0.15) is 6.61 Å². The lowest BCUT2D eigenvalue weighted by Crippen LogP contribution is -2.29. The maximum absolute atomic E-state index is 12.4. The minimum absolute atomic E-state index is 0.170. The molecule has 0 bridgehead atoms. The largest absolute Gasteiger partial charge is 0.469 e. The average molecular weight is 781 g/mol. The van der Waals surface area contributed by atoms with E-state index in [1.165, 1.54) is 89.9 Å². The van der Waals surface area contributed by atoms with E-state index in [9.17, 15) is 19.3 Å². The van der Waals surface area contributed by atoms with Crippen LogP contribution < -0.4 is 0 Å². The van der Waals surface area contributed by atoms with Crippen molar-refractivity contribution in [2.24, 2.45) is 0 Å². The van der Waals surface area contributed by atoms with E-state index in [1.54, 1.807) is 0 Å². The predicted octanol–water partition coefficient (Wildman–Crippen LogP) is 11.9. The van der Waals surface area contributed by atoms with E-state index in [2.05, 4.69) is 23.6 Å². The van der Waals surface area contributed by atoms with E-state index in [0.29, 0.717) is 25.7 Å². The van der Waals surface area contributed by atoms with E-state index in [-0.39, 0.29) is 19.4 Å². The van der Waals surface area contributed by atoms with Crippen molar-refractivity contribution in [1.82, 2.24) is 0 Å². The van der Waals surface area contributed by atoms with Crippen LogP contribution in [0.5, 0.6) is 0 Å². The smallest absolute Gasteiger partial charge is 0.462 e. The van der Waals surface area contributed by atoms with Gasteiger partial charge in [0, 0.05) is 12.8 Å². The zero-order valence-corrected chi connectivity index (χ0v) is 34.9. The Labute approximate surface area is 329 Å². The SMILES string of the molecule is CC/C=C\C(O)C/C=C/C=C\C/C=C\C/C=C\CCCC(=O)OC[C@H](COP(=O)(O)O)OC(=O)CCCCCCCCCCCCCCCCCCCC. The lowest BCUT2D eigenvalue weighted by Gasteiger charge is -2.18. The summed E-state index contributed by atoms with van der Waals surface area (Å²) < 4.78 is 26.3. The first-order valence-electron chi connectivity index (χ1n) is 21.2. The highest BCUT2D eigenvalue weighted by Crippen LogP contribution is 2.36. The number of unbranched alkanes of at least 4 members (excludes halogenated alkanes) is 18. The fourth-order valence-electron chi connectivity index (χ4n) is 5.72. The van der Waals surface area contributed by atoms with Crippen LogP contribution in [0.15, 0.2) is 60.8 Å². The van der Waals surface area contributed by atoms with Gasteiger partial charge in [0.2, 0.25) is 0 Å². The minimum atomic E-state index is -4.78. The van der Waals surface area contributed by atoms with Crippen molar-refractivity contribution < 1.29 is 43.0 Å². The molecule has 1 unspecified atom stereocenters. The van der Waals surface area contributed by atoms with Crippen molar-refractivity contribution in [2.75, 3.05) is 13.2 Å². The van der Waals surface area contributed by atoms with Gasteiger partial charge in [-0.1, -0.05) is 184 Å². The third-order valence-corrected chi connectivity index (χ3v) is 9.36. The summed E-state index contributed by atoms with van der Waals surface area (Å²) in [5.41, 5.74) is 0. The van der Waals surface area contributed by atoms with Crippen molar-refractivity contribution in [1.29, 1.82) is 0 Å². The van der Waals surface area contributed by atoms with Crippen LogP contribution in [0.1, 0.15) is 181 Å². The topological polar surface area (TPSA) is 140 Å². The number of esters is 2. The number of hydrogen-bond acceptors (Lipinski definition) is 7. The van der Waals surface area contributed by atoms with Crippen LogP contribution >= 0.6 is 7.82 Å². The molecule has 0 amide bonds. The Kier molecular flexibility index (Phi) is 37.3. The summed E-state index contributed by atoms with van der Waals surface area (Å²) >= 11 is 0. The van der Waals surface area contributed by atoms with E-state index < -0.39 is 38.6 Å². The summed E-state index contributed by atoms with van der Waals surface area (Å²) in [6.45, 7) is 3.41. The predicted molar refractivity (Wildman–Crippen MR) is 222 cm³/mol. The van der Waals surface area contributed by atoms with Gasteiger partial charge in [-0.05, 0) is 44.9 Å². The van der Waals surface area contributed by atoms with Crippen LogP contribution in [0.25, 0.3) is 0 Å². The van der Waals surface area contributed by atoms with E-state index >= 15 is 0 Å². The summed E-state index contributed by atoms with van der Waals surface area (Å²) in [7, 11) is -4.78. The first-order valence-corrected chi connectivity index (χ1v) is 22.7. The van der Waals surface area contributed by atoms with Crippen molar-refractivity contribution in [3.05, 3.63) is 60.8 Å². The summed E-state index contributed by atoms with van der Waals surface area (Å²) in [5, 5.41) is 9.74. The Morgan fingerprint density at radius 1 is 0.593 bits per heavy atom. The number of ether oxygens (including phenoxy) is 2. The molecule has 10 heteroatoms. The number of carbonyl (C=O) groups is 2. The van der Waals surface area contributed by atoms with Crippen molar-refractivity contribution in [2.45, 2.75) is 193 Å². The van der Waals surface area contributed by atoms with Gasteiger partial charge in [-0.2, -0.15) is 0 Å². The van der Waals surface area contributed by atoms with E-state index in [1.807, 2.05) is 55.5 Å². The lowest BCUT2D eigenvalue weighted by atomic mass is 10.0. The Morgan fingerprint density at radius 2 is 1.09 bits per heavy atom. The van der Waals surface area contributed by atoms with Crippen molar-refractivity contribution >= 4 is 19.8 Å². The number of rotatable bonds is 38. The molecule has 54 heavy (non-hydrogen) atoms. The molecule has 0 spiro atoms. The van der Waals surface area contributed by atoms with Gasteiger partial charge < -0.3 is 24.4 Å². The van der Waals surface area contributed by atoms with Crippen molar-refractivity contribution in [3.8, 4) is 0 Å². The number of aliphatic hydroxyl groups is 1. The van der Waals surface area contributed by atoms with Crippen LogP contribution in [0.2, 0.25) is 0 Å². The molecule has 0 fully saturated rings. The third kappa shape index (κ3) is 40.9. The molecule has 0 aliphatic rings. The molecule has 0 aliphatic heterocycles. The van der Waals surface area contributed by atoms with E-state index in [0.717, 1.165) is 38.5 Å². The summed E-state index contributed by atoms with van der Waals surface area (Å²) in [4.78, 5) is 42.8. The monoisotopic (exact) mass is 781 g/mol. The van der Waals surface area contributed by atoms with Gasteiger partial charge in [-0.3, -0.25) is 14.1 Å². The van der Waals surface area contributed by atoms with Gasteiger partial charge in [0.25, 0.3) is 0 Å². The van der Waals surface area contributed by atoms with Gasteiger partial charge in [-0.15, -0.1) is 0 Å². The lowest BCUT2D eigenvalue weighted by molar-refractivity contribution is -0.161. The molecular formula is C44H77O9P. The standard InChI is InChI=1S/C44H77O9P/c1-3-5-7-8-9-10-11-12-13-14-15-16-17-22-25-28-31-34-38-44(47)53-42(40-52-54(48,49)50)39-51-43(46)37-33-30-27-24-21-19-18-20-23-26-29-32-36-41(45)35-6-4-2/h6,18-19,23-24,26-27,29,32,35,41-42,45H,3-5,7-17,20-22,25,28,30-31,33-34,36-40H2,1-2H3,(H2,48,49,50)/b19-18-,26-23-,27-24-,32-29+,35-6-/t41?,42-/m1/s1. The molecule has 0 heterocycles. The molecule has 0 aliphatic carbocycles. The van der Waals surface area contributed by atoms with Crippen LogP contribution in [0, 0.1) is 0 Å². The first-order chi connectivity index (χ1) is 26.2. The maximum Gasteiger partial charge on any atom is 0.469 e. The molecule has 9 nitrogen and oxygen atoms in total. The van der Waals surface area contributed by atoms with Crippen molar-refractivity contribution in [3.63, 3.8) is 0 Å². The Bertz CT molecular complexity index is 1080.